The third-order valence-corrected chi connectivity index (χ3v) is 0.853. The Labute approximate surface area is 52.2 Å². The van der Waals surface area contributed by atoms with Gasteiger partial charge in [-0.05, 0) is 0 Å². The Hall–Kier alpha value is -0.830. The summed E-state index contributed by atoms with van der Waals surface area (Å²) < 4.78 is 0.662. The molecule has 40 valence electrons. The second-order valence-corrected chi connectivity index (χ2v) is 1.73. The van der Waals surface area contributed by atoms with E-state index in [1.54, 1.807) is 24.8 Å². The van der Waals surface area contributed by atoms with Gasteiger partial charge in [0.25, 0.3) is 0 Å². The molecule has 0 aliphatic heterocycles. The summed E-state index contributed by atoms with van der Waals surface area (Å²) in [5, 5.41) is 0. The van der Waals surface area contributed by atoms with E-state index in [1.165, 1.54) is 0 Å². The van der Waals surface area contributed by atoms with Gasteiger partial charge in [-0.3, -0.25) is 9.97 Å². The van der Waals surface area contributed by atoms with Crippen LogP contribution in [0.15, 0.2) is 24.8 Å². The number of aromatic nitrogens is 2. The molecule has 0 N–H and O–H groups in total. The normalized spacial score (nSPS) is 8.50. The van der Waals surface area contributed by atoms with Crippen LogP contribution in [0.1, 0.15) is 0 Å². The van der Waals surface area contributed by atoms with E-state index in [1.807, 2.05) is 0 Å². The summed E-state index contributed by atoms with van der Waals surface area (Å²) >= 11 is 4.75. The van der Waals surface area contributed by atoms with E-state index in [4.69, 9.17) is 12.2 Å². The zero-order chi connectivity index (χ0) is 5.82. The van der Waals surface area contributed by atoms with Crippen molar-refractivity contribution in [2.45, 2.75) is 0 Å². The van der Waals surface area contributed by atoms with E-state index in [2.05, 4.69) is 9.97 Å². The van der Waals surface area contributed by atoms with Crippen LogP contribution in [0, 0.1) is 4.51 Å². The minimum Gasteiger partial charge on any atom is -0.262 e. The van der Waals surface area contributed by atoms with Gasteiger partial charge in [0.15, 0.2) is 0 Å². The van der Waals surface area contributed by atoms with E-state index >= 15 is 0 Å². The highest BCUT2D eigenvalue weighted by Crippen LogP contribution is 1.77. The molecule has 1 aromatic heterocycles. The van der Waals surface area contributed by atoms with Crippen LogP contribution in [-0.2, 0) is 0 Å². The molecule has 0 aromatic carbocycles. The first-order valence-electron chi connectivity index (χ1n) is 2.15. The van der Waals surface area contributed by atoms with Gasteiger partial charge in [-0.15, -0.1) is 0 Å². The molecule has 1 rings (SSSR count). The molecule has 1 aromatic rings. The second kappa shape index (κ2) is 2.47. The van der Waals surface area contributed by atoms with Gasteiger partial charge in [0.2, 0.25) is 0 Å². The zero-order valence-corrected chi connectivity index (χ0v) is 4.93. The predicted octanol–water partition coefficient (Wildman–Crippen LogP) is 1.21. The topological polar surface area (TPSA) is 25.8 Å². The smallest absolute Gasteiger partial charge is 0.0742 e. The first kappa shape index (κ1) is 5.31. The van der Waals surface area contributed by atoms with Gasteiger partial charge in [-0.25, -0.2) is 0 Å². The van der Waals surface area contributed by atoms with E-state index in [0.29, 0.717) is 4.51 Å². The van der Waals surface area contributed by atoms with Crippen molar-refractivity contribution in [3.05, 3.63) is 29.3 Å². The van der Waals surface area contributed by atoms with Crippen LogP contribution in [0.5, 0.6) is 0 Å². The monoisotopic (exact) mass is 124 g/mol. The first-order chi connectivity index (χ1) is 3.89. The summed E-state index contributed by atoms with van der Waals surface area (Å²) in [5.74, 6) is 0. The van der Waals surface area contributed by atoms with Gasteiger partial charge in [-0.2, -0.15) is 0 Å². The summed E-state index contributed by atoms with van der Waals surface area (Å²) in [7, 11) is 0. The Kier molecular flexibility index (Phi) is 1.64. The maximum atomic E-state index is 4.75. The minimum absolute atomic E-state index is 0.662. The summed E-state index contributed by atoms with van der Waals surface area (Å²) in [6.07, 6.45) is 6.36. The molecule has 0 radical (unpaired) electrons. The molecule has 0 fully saturated rings. The molecule has 3 heteroatoms. The lowest BCUT2D eigenvalue weighted by Gasteiger charge is -1.59. The molecule has 2 nitrogen and oxygen atoms in total. The summed E-state index contributed by atoms with van der Waals surface area (Å²) in [6.45, 7) is 0. The third kappa shape index (κ3) is 1.35. The summed E-state index contributed by atoms with van der Waals surface area (Å²) in [5.41, 5.74) is 0. The standard InChI is InChI=1S/C5H4N2S/c8-5-3-6-1-2-7-4-5/h1-4H. The molecule has 0 atom stereocenters. The molecular weight excluding hydrogens is 120 g/mol. The van der Waals surface area contributed by atoms with Crippen molar-refractivity contribution in [1.29, 1.82) is 0 Å². The van der Waals surface area contributed by atoms with Crippen LogP contribution in [0.25, 0.3) is 0 Å². The quantitative estimate of drug-likeness (QED) is 0.486. The molecule has 0 saturated heterocycles. The fourth-order valence-electron chi connectivity index (χ4n) is 0.343. The fraction of sp³-hybridized carbons (Fsp3) is 0. The maximum absolute atomic E-state index is 4.75. The van der Waals surface area contributed by atoms with Crippen LogP contribution in [0.2, 0.25) is 0 Å². The Morgan fingerprint density at radius 2 is 1.62 bits per heavy atom. The van der Waals surface area contributed by atoms with Crippen LogP contribution in [-0.4, -0.2) is 9.97 Å². The highest BCUT2D eigenvalue weighted by Gasteiger charge is 1.67. The average molecular weight is 124 g/mol. The van der Waals surface area contributed by atoms with Crippen molar-refractivity contribution >= 4 is 12.2 Å². The number of nitrogens with zero attached hydrogens (tertiary/aromatic N) is 2. The Bertz CT molecular complexity index is 201. The summed E-state index contributed by atoms with van der Waals surface area (Å²) in [6, 6.07) is 0. The van der Waals surface area contributed by atoms with Crippen molar-refractivity contribution in [2.24, 2.45) is 0 Å². The third-order valence-electron chi connectivity index (χ3n) is 0.642. The molecule has 8 heavy (non-hydrogen) atoms. The van der Waals surface area contributed by atoms with E-state index in [0.717, 1.165) is 0 Å². The highest BCUT2D eigenvalue weighted by molar-refractivity contribution is 7.71. The van der Waals surface area contributed by atoms with Gasteiger partial charge in [-0.1, -0.05) is 12.2 Å². The van der Waals surface area contributed by atoms with Crippen molar-refractivity contribution in [3.8, 4) is 0 Å². The number of hydrogen-bond donors (Lipinski definition) is 0. The van der Waals surface area contributed by atoms with Crippen molar-refractivity contribution in [2.75, 3.05) is 0 Å². The lowest BCUT2D eigenvalue weighted by Crippen LogP contribution is -1.52. The molecule has 0 bridgehead atoms. The van der Waals surface area contributed by atoms with E-state index in [9.17, 15) is 0 Å². The Morgan fingerprint density at radius 3 is 2.12 bits per heavy atom. The zero-order valence-electron chi connectivity index (χ0n) is 4.11. The summed E-state index contributed by atoms with van der Waals surface area (Å²) in [4.78, 5) is 7.56. The molecule has 0 unspecified atom stereocenters. The van der Waals surface area contributed by atoms with Gasteiger partial charge < -0.3 is 0 Å². The average Bonchev–Trinajstić information content (AvgIpc) is 1.94. The minimum atomic E-state index is 0.662. The first-order valence-corrected chi connectivity index (χ1v) is 2.56. The predicted molar refractivity (Wildman–Crippen MR) is 32.9 cm³/mol. The lowest BCUT2D eigenvalue weighted by atomic mass is 10.7. The van der Waals surface area contributed by atoms with Crippen LogP contribution < -0.4 is 0 Å². The van der Waals surface area contributed by atoms with E-state index in [-0.39, 0.29) is 0 Å². The molecule has 0 aliphatic carbocycles. The number of hydrogen-bond acceptors (Lipinski definition) is 3. The van der Waals surface area contributed by atoms with Crippen LogP contribution in [0.3, 0.4) is 0 Å². The Morgan fingerprint density at radius 1 is 1.12 bits per heavy atom. The maximum Gasteiger partial charge on any atom is 0.0742 e. The molecule has 1 heterocycles. The van der Waals surface area contributed by atoms with Gasteiger partial charge in [0, 0.05) is 24.8 Å². The molecule has 0 amide bonds. The van der Waals surface area contributed by atoms with Gasteiger partial charge in [0.1, 0.15) is 0 Å². The van der Waals surface area contributed by atoms with Crippen molar-refractivity contribution < 1.29 is 0 Å². The van der Waals surface area contributed by atoms with Gasteiger partial charge >= 0.3 is 0 Å². The Balaban J connectivity index is 3.32. The van der Waals surface area contributed by atoms with Crippen LogP contribution in [0.4, 0.5) is 0 Å². The molecule has 0 saturated carbocycles. The van der Waals surface area contributed by atoms with Crippen LogP contribution >= 0.6 is 12.2 Å². The molecule has 0 spiro atoms. The SMILES string of the molecule is S=c1cnccnc1. The fourth-order valence-corrected chi connectivity index (χ4v) is 0.465. The second-order valence-electron chi connectivity index (χ2n) is 1.26. The van der Waals surface area contributed by atoms with Gasteiger partial charge in [0.05, 0.1) is 4.51 Å². The van der Waals surface area contributed by atoms with Crippen molar-refractivity contribution in [1.82, 2.24) is 9.97 Å². The molecule has 0 aliphatic rings. The van der Waals surface area contributed by atoms with Crippen molar-refractivity contribution in [3.63, 3.8) is 0 Å². The molecular formula is C5H4N2S. The highest BCUT2D eigenvalue weighted by atomic mass is 32.1. The largest absolute Gasteiger partial charge is 0.262 e. The van der Waals surface area contributed by atoms with E-state index < -0.39 is 0 Å². The lowest BCUT2D eigenvalue weighted by molar-refractivity contribution is 1.32. The number of rotatable bonds is 0.